The summed E-state index contributed by atoms with van der Waals surface area (Å²) in [5.41, 5.74) is 7.41. The summed E-state index contributed by atoms with van der Waals surface area (Å²) in [5, 5.41) is 3.10. The molecule has 2 fully saturated rings. The maximum Gasteiger partial charge on any atom is 0.223 e. The van der Waals surface area contributed by atoms with E-state index in [0.717, 1.165) is 24.2 Å². The lowest BCUT2D eigenvalue weighted by Crippen LogP contribution is -2.49. The summed E-state index contributed by atoms with van der Waals surface area (Å²) in [6, 6.07) is 8.25. The van der Waals surface area contributed by atoms with Gasteiger partial charge in [0, 0.05) is 18.5 Å². The molecule has 0 radical (unpaired) electrons. The minimum atomic E-state index is 0.146. The van der Waals surface area contributed by atoms with Crippen LogP contribution in [0.5, 0.6) is 5.75 Å². The predicted octanol–water partition coefficient (Wildman–Crippen LogP) is 2.86. The number of carbonyl (C=O) groups is 1. The molecule has 4 heteroatoms. The number of nitrogens with two attached hydrogens (primary N) is 1. The van der Waals surface area contributed by atoms with Crippen molar-refractivity contribution in [1.29, 1.82) is 0 Å². The molecule has 1 aromatic rings. The van der Waals surface area contributed by atoms with Gasteiger partial charge in [0.1, 0.15) is 5.75 Å². The number of amides is 1. The normalized spacial score (nSPS) is 29.8. The molecular weight excluding hydrogens is 288 g/mol. The molecule has 2 unspecified atom stereocenters. The molecule has 2 aliphatic rings. The van der Waals surface area contributed by atoms with Gasteiger partial charge in [-0.05, 0) is 62.1 Å². The number of fused-ring (bicyclic) bond motifs is 2. The Hall–Kier alpha value is -1.55. The average molecular weight is 316 g/mol. The quantitative estimate of drug-likeness (QED) is 0.878. The highest BCUT2D eigenvalue weighted by Gasteiger charge is 2.40. The van der Waals surface area contributed by atoms with Crippen LogP contribution >= 0.6 is 0 Å². The van der Waals surface area contributed by atoms with Crippen molar-refractivity contribution >= 4 is 5.91 Å². The van der Waals surface area contributed by atoms with Gasteiger partial charge in [0.05, 0.1) is 6.61 Å². The Kier molecular flexibility index (Phi) is 5.21. The minimum Gasteiger partial charge on any atom is -0.494 e. The van der Waals surface area contributed by atoms with Crippen LogP contribution in [0.1, 0.15) is 44.6 Å². The molecule has 0 aromatic heterocycles. The van der Waals surface area contributed by atoms with E-state index in [-0.39, 0.29) is 11.8 Å². The van der Waals surface area contributed by atoms with Gasteiger partial charge in [-0.2, -0.15) is 0 Å². The van der Waals surface area contributed by atoms with Crippen molar-refractivity contribution in [3.8, 4) is 5.75 Å². The van der Waals surface area contributed by atoms with E-state index in [0.29, 0.717) is 31.0 Å². The second-order valence-electron chi connectivity index (χ2n) is 6.99. The highest BCUT2D eigenvalue weighted by atomic mass is 16.5. The van der Waals surface area contributed by atoms with E-state index < -0.39 is 0 Å². The van der Waals surface area contributed by atoms with Gasteiger partial charge in [-0.25, -0.2) is 0 Å². The van der Waals surface area contributed by atoms with E-state index in [1.54, 1.807) is 0 Å². The molecule has 0 aliphatic heterocycles. The first-order valence-corrected chi connectivity index (χ1v) is 8.92. The zero-order valence-electron chi connectivity index (χ0n) is 14.0. The second-order valence-corrected chi connectivity index (χ2v) is 6.99. The smallest absolute Gasteiger partial charge is 0.223 e. The summed E-state index contributed by atoms with van der Waals surface area (Å²) < 4.78 is 5.43. The van der Waals surface area contributed by atoms with E-state index >= 15 is 0 Å². The lowest BCUT2D eigenvalue weighted by molar-refractivity contribution is -0.128. The van der Waals surface area contributed by atoms with Gasteiger partial charge >= 0.3 is 0 Å². The highest BCUT2D eigenvalue weighted by molar-refractivity contribution is 5.78. The van der Waals surface area contributed by atoms with Crippen LogP contribution < -0.4 is 15.8 Å². The molecular formula is C19H28N2O2. The standard InChI is InChI=1S/C19H28N2O2/c1-2-23-17-8-6-13(7-9-17)12-21-19(22)16-10-14-4-3-5-15(11-16)18(14)20/h6-9,14-16,18H,2-5,10-12,20H2,1H3,(H,21,22). The summed E-state index contributed by atoms with van der Waals surface area (Å²) in [5.74, 6) is 2.31. The van der Waals surface area contributed by atoms with Crippen LogP contribution in [0.2, 0.25) is 0 Å². The first-order chi connectivity index (χ1) is 11.2. The number of benzene rings is 1. The van der Waals surface area contributed by atoms with E-state index in [4.69, 9.17) is 10.5 Å². The van der Waals surface area contributed by atoms with Gasteiger partial charge in [0.2, 0.25) is 5.91 Å². The molecule has 0 spiro atoms. The van der Waals surface area contributed by atoms with E-state index in [1.807, 2.05) is 31.2 Å². The van der Waals surface area contributed by atoms with Crippen LogP contribution in [0.3, 0.4) is 0 Å². The largest absolute Gasteiger partial charge is 0.494 e. The maximum absolute atomic E-state index is 12.5. The predicted molar refractivity (Wildman–Crippen MR) is 91.0 cm³/mol. The molecule has 2 bridgehead atoms. The molecule has 2 atom stereocenters. The lowest BCUT2D eigenvalue weighted by Gasteiger charge is -2.43. The fourth-order valence-corrected chi connectivity index (χ4v) is 4.21. The summed E-state index contributed by atoms with van der Waals surface area (Å²) in [4.78, 5) is 12.5. The Morgan fingerprint density at radius 3 is 2.48 bits per heavy atom. The molecule has 3 rings (SSSR count). The average Bonchev–Trinajstić information content (AvgIpc) is 2.54. The van der Waals surface area contributed by atoms with Gasteiger partial charge in [0.15, 0.2) is 0 Å². The fourth-order valence-electron chi connectivity index (χ4n) is 4.21. The SMILES string of the molecule is CCOc1ccc(CNC(=O)C2CC3CCCC(C2)C3N)cc1. The van der Waals surface area contributed by atoms with Crippen LogP contribution in [-0.2, 0) is 11.3 Å². The molecule has 126 valence electrons. The maximum atomic E-state index is 12.5. The lowest BCUT2D eigenvalue weighted by atomic mass is 9.65. The highest BCUT2D eigenvalue weighted by Crippen LogP contribution is 2.41. The first-order valence-electron chi connectivity index (χ1n) is 8.92. The molecule has 1 aromatic carbocycles. The van der Waals surface area contributed by atoms with Crippen molar-refractivity contribution in [2.24, 2.45) is 23.5 Å². The zero-order valence-corrected chi connectivity index (χ0v) is 14.0. The second kappa shape index (κ2) is 7.35. The summed E-state index contributed by atoms with van der Waals surface area (Å²) in [6.07, 6.45) is 5.60. The number of rotatable bonds is 5. The molecule has 2 saturated carbocycles. The van der Waals surface area contributed by atoms with Gasteiger partial charge in [-0.1, -0.05) is 18.6 Å². The third-order valence-corrected chi connectivity index (χ3v) is 5.48. The Labute approximate surface area is 138 Å². The molecule has 3 N–H and O–H groups in total. The van der Waals surface area contributed by atoms with Crippen LogP contribution in [0.4, 0.5) is 0 Å². The first kappa shape index (κ1) is 16.3. The van der Waals surface area contributed by atoms with E-state index in [2.05, 4.69) is 5.32 Å². The van der Waals surface area contributed by atoms with Crippen molar-refractivity contribution in [3.05, 3.63) is 29.8 Å². The van der Waals surface area contributed by atoms with Gasteiger partial charge in [0.25, 0.3) is 0 Å². The van der Waals surface area contributed by atoms with Crippen LogP contribution in [-0.4, -0.2) is 18.6 Å². The van der Waals surface area contributed by atoms with Crippen molar-refractivity contribution in [1.82, 2.24) is 5.32 Å². The van der Waals surface area contributed by atoms with Gasteiger partial charge < -0.3 is 15.8 Å². The number of hydrogen-bond acceptors (Lipinski definition) is 3. The number of nitrogens with one attached hydrogen (secondary N) is 1. The van der Waals surface area contributed by atoms with Crippen LogP contribution in [0, 0.1) is 17.8 Å². The zero-order chi connectivity index (χ0) is 16.2. The molecule has 1 amide bonds. The summed E-state index contributed by atoms with van der Waals surface area (Å²) in [6.45, 7) is 3.23. The monoisotopic (exact) mass is 316 g/mol. The summed E-state index contributed by atoms with van der Waals surface area (Å²) in [7, 11) is 0. The Balaban J connectivity index is 1.51. The number of carbonyl (C=O) groups excluding carboxylic acids is 1. The molecule has 4 nitrogen and oxygen atoms in total. The van der Waals surface area contributed by atoms with Crippen LogP contribution in [0.25, 0.3) is 0 Å². The molecule has 23 heavy (non-hydrogen) atoms. The third-order valence-electron chi connectivity index (χ3n) is 5.48. The molecule has 0 heterocycles. The molecule has 0 saturated heterocycles. The third kappa shape index (κ3) is 3.86. The topological polar surface area (TPSA) is 64.3 Å². The Morgan fingerprint density at radius 2 is 1.87 bits per heavy atom. The Morgan fingerprint density at radius 1 is 1.22 bits per heavy atom. The number of ether oxygens (including phenoxy) is 1. The van der Waals surface area contributed by atoms with Gasteiger partial charge in [-0.3, -0.25) is 4.79 Å². The van der Waals surface area contributed by atoms with Crippen molar-refractivity contribution < 1.29 is 9.53 Å². The van der Waals surface area contributed by atoms with Crippen molar-refractivity contribution in [2.45, 2.75) is 51.6 Å². The van der Waals surface area contributed by atoms with Crippen LogP contribution in [0.15, 0.2) is 24.3 Å². The van der Waals surface area contributed by atoms with Crippen molar-refractivity contribution in [3.63, 3.8) is 0 Å². The van der Waals surface area contributed by atoms with Gasteiger partial charge in [-0.15, -0.1) is 0 Å². The fraction of sp³-hybridized carbons (Fsp3) is 0.632. The van der Waals surface area contributed by atoms with E-state index in [9.17, 15) is 4.79 Å². The summed E-state index contributed by atoms with van der Waals surface area (Å²) >= 11 is 0. The molecule has 2 aliphatic carbocycles. The Bertz CT molecular complexity index is 515. The number of hydrogen-bond donors (Lipinski definition) is 2. The minimum absolute atomic E-state index is 0.146. The van der Waals surface area contributed by atoms with Crippen molar-refractivity contribution in [2.75, 3.05) is 6.61 Å². The van der Waals surface area contributed by atoms with E-state index in [1.165, 1.54) is 19.3 Å².